The average molecular weight is 232 g/mol. The fourth-order valence-electron chi connectivity index (χ4n) is 1.58. The Hall–Kier alpha value is -2.02. The van der Waals surface area contributed by atoms with E-state index >= 15 is 0 Å². The molecule has 17 heavy (non-hydrogen) atoms. The van der Waals surface area contributed by atoms with E-state index in [1.165, 1.54) is 0 Å². The Bertz CT molecular complexity index is 449. The zero-order valence-corrected chi connectivity index (χ0v) is 10.1. The van der Waals surface area contributed by atoms with Crippen LogP contribution in [0.2, 0.25) is 0 Å². The molecule has 1 aromatic rings. The molecule has 1 amide bonds. The molecule has 0 fully saturated rings. The first-order valence-electron chi connectivity index (χ1n) is 5.56. The highest BCUT2D eigenvalue weighted by Gasteiger charge is 2.17. The molecular weight excluding hydrogens is 216 g/mol. The van der Waals surface area contributed by atoms with Gasteiger partial charge in [-0.2, -0.15) is 5.26 Å². The molecule has 0 aromatic heterocycles. The number of aromatic hydroxyl groups is 1. The first-order chi connectivity index (χ1) is 8.10. The molecule has 0 aliphatic rings. The van der Waals surface area contributed by atoms with E-state index in [-0.39, 0.29) is 17.2 Å². The number of benzene rings is 1. The van der Waals surface area contributed by atoms with Crippen molar-refractivity contribution in [1.29, 1.82) is 5.26 Å². The van der Waals surface area contributed by atoms with E-state index < -0.39 is 0 Å². The number of phenols is 1. The predicted octanol–water partition coefficient (Wildman–Crippen LogP) is 2.08. The first kappa shape index (κ1) is 13.0. The third-order valence-corrected chi connectivity index (χ3v) is 2.55. The van der Waals surface area contributed by atoms with Crippen molar-refractivity contribution in [1.82, 2.24) is 4.90 Å². The Morgan fingerprint density at radius 1 is 1.53 bits per heavy atom. The van der Waals surface area contributed by atoms with Crippen molar-refractivity contribution in [2.75, 3.05) is 13.1 Å². The molecule has 90 valence electrons. The molecule has 0 unspecified atom stereocenters. The molecule has 1 rings (SSSR count). The number of nitriles is 1. The van der Waals surface area contributed by atoms with E-state index in [9.17, 15) is 9.90 Å². The minimum Gasteiger partial charge on any atom is -0.507 e. The minimum atomic E-state index is -0.236. The zero-order valence-electron chi connectivity index (χ0n) is 10.1. The Morgan fingerprint density at radius 3 is 2.76 bits per heavy atom. The fraction of sp³-hybridized carbons (Fsp3) is 0.385. The maximum Gasteiger partial charge on any atom is 0.257 e. The minimum absolute atomic E-state index is 0.00888. The van der Waals surface area contributed by atoms with Gasteiger partial charge in [0.05, 0.1) is 18.1 Å². The topological polar surface area (TPSA) is 64.3 Å². The van der Waals surface area contributed by atoms with Crippen molar-refractivity contribution in [3.63, 3.8) is 0 Å². The van der Waals surface area contributed by atoms with Crippen LogP contribution < -0.4 is 0 Å². The molecule has 4 heteroatoms. The monoisotopic (exact) mass is 232 g/mol. The van der Waals surface area contributed by atoms with E-state index in [4.69, 9.17) is 5.26 Å². The summed E-state index contributed by atoms with van der Waals surface area (Å²) in [7, 11) is 0. The molecule has 0 saturated heterocycles. The van der Waals surface area contributed by atoms with Crippen molar-refractivity contribution in [3.05, 3.63) is 29.3 Å². The van der Waals surface area contributed by atoms with Crippen LogP contribution in [-0.4, -0.2) is 29.0 Å². The lowest BCUT2D eigenvalue weighted by atomic mass is 10.1. The van der Waals surface area contributed by atoms with Crippen LogP contribution >= 0.6 is 0 Å². The number of nitrogens with zero attached hydrogens (tertiary/aromatic N) is 2. The molecule has 0 spiro atoms. The number of amides is 1. The molecule has 0 heterocycles. The second-order valence-corrected chi connectivity index (χ2v) is 3.81. The number of rotatable bonds is 4. The summed E-state index contributed by atoms with van der Waals surface area (Å²) >= 11 is 0. The van der Waals surface area contributed by atoms with Gasteiger partial charge in [0.2, 0.25) is 0 Å². The number of hydrogen-bond donors (Lipinski definition) is 1. The highest BCUT2D eigenvalue weighted by atomic mass is 16.3. The van der Waals surface area contributed by atoms with Crippen molar-refractivity contribution < 1.29 is 9.90 Å². The van der Waals surface area contributed by atoms with Gasteiger partial charge in [-0.05, 0) is 31.5 Å². The molecule has 0 saturated carbocycles. The second kappa shape index (κ2) is 5.90. The van der Waals surface area contributed by atoms with Gasteiger partial charge in [0.25, 0.3) is 5.91 Å². The average Bonchev–Trinajstić information content (AvgIpc) is 2.29. The van der Waals surface area contributed by atoms with E-state index in [0.29, 0.717) is 19.5 Å². The van der Waals surface area contributed by atoms with Gasteiger partial charge in [0.15, 0.2) is 0 Å². The van der Waals surface area contributed by atoms with Crippen molar-refractivity contribution >= 4 is 5.91 Å². The molecule has 0 aliphatic carbocycles. The summed E-state index contributed by atoms with van der Waals surface area (Å²) in [5.74, 6) is -0.245. The smallest absolute Gasteiger partial charge is 0.257 e. The number of phenolic OH excluding ortho intramolecular Hbond substituents is 1. The van der Waals surface area contributed by atoms with Crippen molar-refractivity contribution in [2.24, 2.45) is 0 Å². The number of hydrogen-bond acceptors (Lipinski definition) is 3. The van der Waals surface area contributed by atoms with E-state index in [1.807, 2.05) is 19.9 Å². The summed E-state index contributed by atoms with van der Waals surface area (Å²) in [5.41, 5.74) is 1.19. The van der Waals surface area contributed by atoms with E-state index in [1.54, 1.807) is 23.1 Å². The largest absolute Gasteiger partial charge is 0.507 e. The Morgan fingerprint density at radius 2 is 2.24 bits per heavy atom. The van der Waals surface area contributed by atoms with Gasteiger partial charge in [-0.25, -0.2) is 0 Å². The van der Waals surface area contributed by atoms with Gasteiger partial charge in [-0.1, -0.05) is 6.07 Å². The van der Waals surface area contributed by atoms with Gasteiger partial charge in [-0.3, -0.25) is 4.79 Å². The molecule has 0 bridgehead atoms. The van der Waals surface area contributed by atoms with E-state index in [2.05, 4.69) is 0 Å². The van der Waals surface area contributed by atoms with Crippen molar-refractivity contribution in [3.8, 4) is 11.8 Å². The number of carbonyl (C=O) groups is 1. The maximum absolute atomic E-state index is 12.1. The first-order valence-corrected chi connectivity index (χ1v) is 5.56. The summed E-state index contributed by atoms with van der Waals surface area (Å²) in [6.07, 6.45) is 0.298. The van der Waals surface area contributed by atoms with Crippen LogP contribution in [0.25, 0.3) is 0 Å². The molecule has 4 nitrogen and oxygen atoms in total. The normalized spacial score (nSPS) is 9.71. The van der Waals surface area contributed by atoms with Crippen LogP contribution in [0, 0.1) is 18.3 Å². The number of carbonyl (C=O) groups excluding carboxylic acids is 1. The summed E-state index contributed by atoms with van der Waals surface area (Å²) in [5, 5.41) is 18.2. The summed E-state index contributed by atoms with van der Waals surface area (Å²) in [6, 6.07) is 6.96. The quantitative estimate of drug-likeness (QED) is 0.864. The lowest BCUT2D eigenvalue weighted by molar-refractivity contribution is 0.0765. The van der Waals surface area contributed by atoms with Gasteiger partial charge in [0.1, 0.15) is 5.75 Å². The Balaban J connectivity index is 2.90. The summed E-state index contributed by atoms with van der Waals surface area (Å²) < 4.78 is 0. The lowest BCUT2D eigenvalue weighted by Crippen LogP contribution is -2.31. The molecular formula is C13H16N2O2. The Kier molecular flexibility index (Phi) is 4.53. The molecule has 0 atom stereocenters. The highest BCUT2D eigenvalue weighted by molar-refractivity contribution is 5.96. The van der Waals surface area contributed by atoms with Crippen LogP contribution in [0.1, 0.15) is 29.3 Å². The van der Waals surface area contributed by atoms with Gasteiger partial charge in [-0.15, -0.1) is 0 Å². The van der Waals surface area contributed by atoms with Gasteiger partial charge >= 0.3 is 0 Å². The molecule has 1 N–H and O–H groups in total. The highest BCUT2D eigenvalue weighted by Crippen LogP contribution is 2.20. The number of aryl methyl sites for hydroxylation is 1. The van der Waals surface area contributed by atoms with E-state index in [0.717, 1.165) is 5.56 Å². The van der Waals surface area contributed by atoms with Gasteiger partial charge in [0, 0.05) is 13.1 Å². The molecule has 0 aliphatic heterocycles. The predicted molar refractivity (Wildman–Crippen MR) is 64.7 cm³/mol. The summed E-state index contributed by atoms with van der Waals surface area (Å²) in [4.78, 5) is 13.6. The summed E-state index contributed by atoms with van der Waals surface area (Å²) in [6.45, 7) is 4.61. The third-order valence-electron chi connectivity index (χ3n) is 2.55. The maximum atomic E-state index is 12.1. The van der Waals surface area contributed by atoms with Crippen molar-refractivity contribution in [2.45, 2.75) is 20.3 Å². The van der Waals surface area contributed by atoms with Crippen LogP contribution in [-0.2, 0) is 0 Å². The third kappa shape index (κ3) is 3.22. The fourth-order valence-corrected chi connectivity index (χ4v) is 1.58. The second-order valence-electron chi connectivity index (χ2n) is 3.81. The Labute approximate surface area is 101 Å². The van der Waals surface area contributed by atoms with Crippen LogP contribution in [0.5, 0.6) is 5.75 Å². The van der Waals surface area contributed by atoms with Crippen LogP contribution in [0.3, 0.4) is 0 Å². The molecule has 1 aromatic carbocycles. The standard InChI is InChI=1S/C13H16N2O2/c1-3-15(8-4-7-14)13(17)11-6-5-10(2)9-12(11)16/h5-6,9,16H,3-4,8H2,1-2H3. The molecule has 0 radical (unpaired) electrons. The van der Waals surface area contributed by atoms with Crippen LogP contribution in [0.4, 0.5) is 0 Å². The SMILES string of the molecule is CCN(CCC#N)C(=O)c1ccc(C)cc1O. The van der Waals surface area contributed by atoms with Gasteiger partial charge < -0.3 is 10.0 Å². The van der Waals surface area contributed by atoms with Crippen LogP contribution in [0.15, 0.2) is 18.2 Å². The lowest BCUT2D eigenvalue weighted by Gasteiger charge is -2.20. The zero-order chi connectivity index (χ0) is 12.8.